The van der Waals surface area contributed by atoms with Gasteiger partial charge in [0.25, 0.3) is 0 Å². The monoisotopic (exact) mass is 466 g/mol. The molecule has 0 aromatic heterocycles. The number of para-hydroxylation sites is 1. The Hall–Kier alpha value is -4.31. The lowest BCUT2D eigenvalue weighted by Crippen LogP contribution is -2.48. The van der Waals surface area contributed by atoms with E-state index in [4.69, 9.17) is 5.41 Å². The average molecular weight is 467 g/mol. The molecule has 2 aliphatic heterocycles. The summed E-state index contributed by atoms with van der Waals surface area (Å²) in [7, 11) is 0. The number of nitrogens with zero attached hydrogens (tertiary/aromatic N) is 2. The summed E-state index contributed by atoms with van der Waals surface area (Å²) < 4.78 is 0. The van der Waals surface area contributed by atoms with E-state index in [9.17, 15) is 20.3 Å². The summed E-state index contributed by atoms with van der Waals surface area (Å²) in [6.07, 6.45) is 2.39. The highest BCUT2D eigenvalue weighted by molar-refractivity contribution is 6.17. The highest BCUT2D eigenvalue weighted by Crippen LogP contribution is 2.48. The molecular formula is C28H26N4O3. The number of hydrogen-bond donors (Lipinski definition) is 4. The standard InChI is InChI=1S/C28H26N4O3/c1-15-8-9-21-19(10-15)31-20-12-28(2,3)13-23(34)24(20)25-18(11-16(14-29)27(30)32(21)25)26(35)17-6-4-5-7-22(17)33/h4-11,25,30-31,33,35H,12-13H2,1-3H3/b26-18-,30-27?. The second-order valence-electron chi connectivity index (χ2n) is 10.1. The number of aliphatic hydroxyl groups excluding tert-OH is 1. The van der Waals surface area contributed by atoms with Crippen molar-refractivity contribution in [1.82, 2.24) is 0 Å². The molecule has 35 heavy (non-hydrogen) atoms. The summed E-state index contributed by atoms with van der Waals surface area (Å²) in [4.78, 5) is 15.3. The largest absolute Gasteiger partial charge is 0.507 e. The van der Waals surface area contributed by atoms with Crippen molar-refractivity contribution in [2.75, 3.05) is 10.2 Å². The molecule has 4 N–H and O–H groups in total. The maximum absolute atomic E-state index is 13.7. The highest BCUT2D eigenvalue weighted by Gasteiger charge is 2.46. The molecule has 176 valence electrons. The fourth-order valence-electron chi connectivity index (χ4n) is 5.24. The number of phenols is 1. The second-order valence-corrected chi connectivity index (χ2v) is 10.1. The van der Waals surface area contributed by atoms with Gasteiger partial charge in [-0.3, -0.25) is 10.2 Å². The Kier molecular flexibility index (Phi) is 5.06. The van der Waals surface area contributed by atoms with Gasteiger partial charge in [-0.2, -0.15) is 5.26 Å². The number of fused-ring (bicyclic) bond motifs is 4. The van der Waals surface area contributed by atoms with Crippen molar-refractivity contribution in [2.24, 2.45) is 5.41 Å². The fraction of sp³-hybridized carbons (Fsp3) is 0.250. The van der Waals surface area contributed by atoms with Gasteiger partial charge in [0.2, 0.25) is 0 Å². The normalized spacial score (nSPS) is 22.2. The van der Waals surface area contributed by atoms with E-state index < -0.39 is 6.04 Å². The molecule has 2 aromatic rings. The van der Waals surface area contributed by atoms with Crippen LogP contribution in [0, 0.1) is 29.1 Å². The van der Waals surface area contributed by atoms with Crippen LogP contribution in [0.1, 0.15) is 37.8 Å². The molecule has 2 heterocycles. The number of hydrogen-bond acceptors (Lipinski definition) is 6. The number of benzene rings is 2. The Morgan fingerprint density at radius 3 is 2.69 bits per heavy atom. The van der Waals surface area contributed by atoms with Crippen molar-refractivity contribution >= 4 is 28.8 Å². The van der Waals surface area contributed by atoms with Crippen LogP contribution in [-0.4, -0.2) is 27.9 Å². The number of aryl methyl sites for hydroxylation is 1. The van der Waals surface area contributed by atoms with Gasteiger partial charge in [0, 0.05) is 23.3 Å². The number of anilines is 2. The van der Waals surface area contributed by atoms with Crippen LogP contribution >= 0.6 is 0 Å². The number of nitrogens with one attached hydrogen (secondary N) is 2. The van der Waals surface area contributed by atoms with Crippen LogP contribution in [0.5, 0.6) is 5.75 Å². The molecule has 0 saturated heterocycles. The lowest BCUT2D eigenvalue weighted by Gasteiger charge is -2.40. The number of Topliss-reactive ketones (excluding diaryl/α,β-unsaturated/α-hetero) is 1. The van der Waals surface area contributed by atoms with Crippen LogP contribution < -0.4 is 10.2 Å². The molecule has 5 rings (SSSR count). The highest BCUT2D eigenvalue weighted by atomic mass is 16.3. The quantitative estimate of drug-likeness (QED) is 0.420. The zero-order chi connectivity index (χ0) is 25.1. The molecule has 0 amide bonds. The van der Waals surface area contributed by atoms with Gasteiger partial charge < -0.3 is 20.4 Å². The molecule has 7 heteroatoms. The van der Waals surface area contributed by atoms with Gasteiger partial charge in [-0.15, -0.1) is 0 Å². The van der Waals surface area contributed by atoms with E-state index in [0.717, 1.165) is 16.9 Å². The molecule has 3 aliphatic rings. The van der Waals surface area contributed by atoms with Crippen LogP contribution in [0.4, 0.5) is 11.4 Å². The van der Waals surface area contributed by atoms with Gasteiger partial charge in [-0.1, -0.05) is 32.0 Å². The van der Waals surface area contributed by atoms with E-state index in [2.05, 4.69) is 11.4 Å². The van der Waals surface area contributed by atoms with Crippen LogP contribution in [0.15, 0.2) is 71.0 Å². The number of amidine groups is 1. The third-order valence-corrected chi connectivity index (χ3v) is 6.79. The minimum atomic E-state index is -0.839. The van der Waals surface area contributed by atoms with Crippen molar-refractivity contribution in [1.29, 1.82) is 10.7 Å². The van der Waals surface area contributed by atoms with E-state index >= 15 is 0 Å². The first kappa shape index (κ1) is 22.5. The Labute approximate surface area is 203 Å². The van der Waals surface area contributed by atoms with Gasteiger partial charge in [-0.05, 0) is 54.7 Å². The lowest BCUT2D eigenvalue weighted by molar-refractivity contribution is -0.118. The summed E-state index contributed by atoms with van der Waals surface area (Å²) in [6, 6.07) is 13.3. The minimum absolute atomic E-state index is 0.0513. The van der Waals surface area contributed by atoms with E-state index in [-0.39, 0.29) is 45.3 Å². The predicted octanol–water partition coefficient (Wildman–Crippen LogP) is 5.35. The van der Waals surface area contributed by atoms with Gasteiger partial charge in [-0.25, -0.2) is 0 Å². The first-order valence-electron chi connectivity index (χ1n) is 11.5. The van der Waals surface area contributed by atoms with Gasteiger partial charge >= 0.3 is 0 Å². The number of aliphatic hydroxyl groups is 1. The first-order valence-corrected chi connectivity index (χ1v) is 11.5. The van der Waals surface area contributed by atoms with Crippen LogP contribution in [0.2, 0.25) is 0 Å². The van der Waals surface area contributed by atoms with Gasteiger partial charge in [0.1, 0.15) is 23.4 Å². The predicted molar refractivity (Wildman–Crippen MR) is 135 cm³/mol. The maximum Gasteiger partial charge on any atom is 0.163 e. The number of nitriles is 1. The third-order valence-electron chi connectivity index (χ3n) is 6.79. The van der Waals surface area contributed by atoms with Crippen LogP contribution in [0.3, 0.4) is 0 Å². The van der Waals surface area contributed by atoms with Crippen molar-refractivity contribution < 1.29 is 15.0 Å². The average Bonchev–Trinajstić information content (AvgIpc) is 2.92. The number of carbonyl (C=O) groups is 1. The zero-order valence-electron chi connectivity index (χ0n) is 19.8. The lowest BCUT2D eigenvalue weighted by atomic mass is 9.72. The van der Waals surface area contributed by atoms with Crippen LogP contribution in [0.25, 0.3) is 5.76 Å². The number of phenolic OH excluding ortho intramolecular Hbond substituents is 1. The minimum Gasteiger partial charge on any atom is -0.507 e. The summed E-state index contributed by atoms with van der Waals surface area (Å²) in [5.41, 5.74) is 3.85. The molecule has 0 saturated carbocycles. The molecular weight excluding hydrogens is 440 g/mol. The van der Waals surface area contributed by atoms with E-state index in [1.807, 2.05) is 39.0 Å². The number of allylic oxidation sites excluding steroid dienone is 1. The smallest absolute Gasteiger partial charge is 0.163 e. The Bertz CT molecular complexity index is 1440. The van der Waals surface area contributed by atoms with Crippen molar-refractivity contribution in [2.45, 2.75) is 39.7 Å². The van der Waals surface area contributed by atoms with Gasteiger partial charge in [0.15, 0.2) is 5.78 Å². The van der Waals surface area contributed by atoms with E-state index in [1.165, 1.54) is 12.1 Å². The van der Waals surface area contributed by atoms with E-state index in [0.29, 0.717) is 24.1 Å². The summed E-state index contributed by atoms with van der Waals surface area (Å²) in [5, 5.41) is 44.1. The number of rotatable bonds is 1. The molecule has 7 nitrogen and oxygen atoms in total. The summed E-state index contributed by atoms with van der Waals surface area (Å²) >= 11 is 0. The SMILES string of the molecule is Cc1ccc2c(c1)NC1=C(C(=O)CC(C)(C)C1)C1/C(=C(\O)c3ccccc3O)C=C(C#N)C(=N)N21. The summed E-state index contributed by atoms with van der Waals surface area (Å²) in [5.74, 6) is -0.486. The zero-order valence-corrected chi connectivity index (χ0v) is 19.8. The Morgan fingerprint density at radius 2 is 1.97 bits per heavy atom. The second kappa shape index (κ2) is 7.88. The maximum atomic E-state index is 13.7. The topological polar surface area (TPSA) is 120 Å². The Balaban J connectivity index is 1.87. The van der Waals surface area contributed by atoms with Crippen molar-refractivity contribution in [3.05, 3.63) is 82.1 Å². The van der Waals surface area contributed by atoms with Gasteiger partial charge in [0.05, 0.1) is 28.6 Å². The number of aromatic hydroxyl groups is 1. The molecule has 0 spiro atoms. The van der Waals surface area contributed by atoms with E-state index in [1.54, 1.807) is 23.1 Å². The molecule has 2 aromatic carbocycles. The molecule has 0 fully saturated rings. The molecule has 0 radical (unpaired) electrons. The van der Waals surface area contributed by atoms with Crippen molar-refractivity contribution in [3.8, 4) is 11.8 Å². The Morgan fingerprint density at radius 1 is 1.23 bits per heavy atom. The number of ketones is 1. The van der Waals surface area contributed by atoms with Crippen LogP contribution in [-0.2, 0) is 4.79 Å². The molecule has 1 atom stereocenters. The first-order chi connectivity index (χ1) is 16.6. The molecule has 1 aliphatic carbocycles. The molecule has 0 bridgehead atoms. The van der Waals surface area contributed by atoms with Crippen molar-refractivity contribution in [3.63, 3.8) is 0 Å². The fourth-order valence-corrected chi connectivity index (χ4v) is 5.24. The molecule has 1 unspecified atom stereocenters. The number of carbonyl (C=O) groups excluding carboxylic acids is 1. The third kappa shape index (κ3) is 3.58. The summed E-state index contributed by atoms with van der Waals surface area (Å²) in [6.45, 7) is 6.05.